The number of aliphatic hydroxyl groups is 1. The van der Waals surface area contributed by atoms with Crippen LogP contribution in [-0.2, 0) is 7.05 Å². The number of aliphatic hydroxyl groups excluding tert-OH is 1. The molecule has 7 heteroatoms. The fourth-order valence-corrected chi connectivity index (χ4v) is 4.82. The largest absolute Gasteiger partial charge is 0.393 e. The molecule has 150 valence electrons. The topological polar surface area (TPSA) is 88.6 Å². The molecule has 2 fully saturated rings. The molecule has 2 aliphatic rings. The molecule has 0 bridgehead atoms. The van der Waals surface area contributed by atoms with Crippen molar-refractivity contribution in [2.45, 2.75) is 50.1 Å². The van der Waals surface area contributed by atoms with Crippen LogP contribution in [0.3, 0.4) is 0 Å². The van der Waals surface area contributed by atoms with Gasteiger partial charge in [-0.1, -0.05) is 6.92 Å². The molecule has 5 atom stereocenters. The lowest BCUT2D eigenvalue weighted by Crippen LogP contribution is -2.51. The summed E-state index contributed by atoms with van der Waals surface area (Å²) in [5.41, 5.74) is 6.93. The Morgan fingerprint density at radius 2 is 1.96 bits per heavy atom. The molecule has 0 spiro atoms. The van der Waals surface area contributed by atoms with Crippen molar-refractivity contribution >= 4 is 17.5 Å². The maximum atomic E-state index is 12.7. The smallest absolute Gasteiger partial charge is 0.255 e. The molecule has 3 rings (SSSR count). The van der Waals surface area contributed by atoms with Gasteiger partial charge >= 0.3 is 0 Å². The van der Waals surface area contributed by atoms with Gasteiger partial charge in [0.15, 0.2) is 0 Å². The molecule has 0 aromatic carbocycles. The Balaban J connectivity index is 1.58. The summed E-state index contributed by atoms with van der Waals surface area (Å²) in [4.78, 5) is 26.0. The van der Waals surface area contributed by atoms with Crippen molar-refractivity contribution in [3.05, 3.63) is 34.2 Å². The van der Waals surface area contributed by atoms with Gasteiger partial charge in [0, 0.05) is 49.7 Å². The lowest BCUT2D eigenvalue weighted by Gasteiger charge is -2.43. The highest BCUT2D eigenvalue weighted by Gasteiger charge is 2.40. The van der Waals surface area contributed by atoms with E-state index in [-0.39, 0.29) is 34.7 Å². The van der Waals surface area contributed by atoms with Crippen LogP contribution < -0.4 is 11.3 Å². The maximum absolute atomic E-state index is 12.7. The van der Waals surface area contributed by atoms with Crippen molar-refractivity contribution in [3.8, 4) is 0 Å². The number of aryl methyl sites for hydroxylation is 1. The predicted molar refractivity (Wildman–Crippen MR) is 106 cm³/mol. The van der Waals surface area contributed by atoms with Crippen molar-refractivity contribution in [3.63, 3.8) is 0 Å². The third kappa shape index (κ3) is 4.39. The summed E-state index contributed by atoms with van der Waals surface area (Å²) in [6, 6.07) is 2.91. The minimum Gasteiger partial charge on any atom is -0.393 e. The number of carbonyl (C=O) groups excluding carboxylic acids is 1. The van der Waals surface area contributed by atoms with Gasteiger partial charge in [-0.05, 0) is 43.6 Å². The van der Waals surface area contributed by atoms with Gasteiger partial charge in [0.1, 0.15) is 0 Å². The van der Waals surface area contributed by atoms with E-state index >= 15 is 0 Å². The van der Waals surface area contributed by atoms with E-state index in [2.05, 4.69) is 6.92 Å². The Bertz CT molecular complexity index is 729. The number of piperidine rings is 1. The Morgan fingerprint density at radius 3 is 2.59 bits per heavy atom. The summed E-state index contributed by atoms with van der Waals surface area (Å²) in [5.74, 6) is 0.571. The number of amides is 1. The summed E-state index contributed by atoms with van der Waals surface area (Å²) in [5, 5.41) is 10.5. The minimum atomic E-state index is -0.393. The van der Waals surface area contributed by atoms with E-state index in [0.29, 0.717) is 31.0 Å². The Kier molecular flexibility index (Phi) is 6.28. The SMILES string of the molecule is CC1CC(O)C([C@H](N)C2CCN(C(=O)c3ccc(=O)n(C)c3)CC2)CC1Cl. The van der Waals surface area contributed by atoms with Crippen LogP contribution in [0.4, 0.5) is 0 Å². The van der Waals surface area contributed by atoms with Crippen LogP contribution in [-0.4, -0.2) is 51.1 Å². The molecular weight excluding hydrogens is 366 g/mol. The van der Waals surface area contributed by atoms with Crippen LogP contribution in [0.25, 0.3) is 0 Å². The Labute approximate surface area is 165 Å². The highest BCUT2D eigenvalue weighted by atomic mass is 35.5. The van der Waals surface area contributed by atoms with Crippen LogP contribution in [0.1, 0.15) is 43.0 Å². The zero-order valence-electron chi connectivity index (χ0n) is 16.1. The van der Waals surface area contributed by atoms with Crippen molar-refractivity contribution in [2.75, 3.05) is 13.1 Å². The number of pyridine rings is 1. The highest BCUT2D eigenvalue weighted by Crippen LogP contribution is 2.37. The van der Waals surface area contributed by atoms with Crippen LogP contribution in [0, 0.1) is 17.8 Å². The molecule has 1 saturated heterocycles. The van der Waals surface area contributed by atoms with Crippen molar-refractivity contribution < 1.29 is 9.90 Å². The first kappa shape index (κ1) is 20.4. The lowest BCUT2D eigenvalue weighted by molar-refractivity contribution is 0.0184. The molecule has 4 unspecified atom stereocenters. The number of hydrogen-bond acceptors (Lipinski definition) is 4. The monoisotopic (exact) mass is 395 g/mol. The zero-order valence-corrected chi connectivity index (χ0v) is 16.8. The molecule has 27 heavy (non-hydrogen) atoms. The van der Waals surface area contributed by atoms with Gasteiger partial charge in [-0.2, -0.15) is 0 Å². The number of carbonyl (C=O) groups is 1. The first-order valence-corrected chi connectivity index (χ1v) is 10.2. The molecule has 1 aromatic heterocycles. The third-order valence-electron chi connectivity index (χ3n) is 6.42. The van der Waals surface area contributed by atoms with Gasteiger partial charge in [0.05, 0.1) is 11.7 Å². The number of aromatic nitrogens is 1. The van der Waals surface area contributed by atoms with Crippen molar-refractivity contribution in [1.82, 2.24) is 9.47 Å². The van der Waals surface area contributed by atoms with Gasteiger partial charge in [-0.25, -0.2) is 0 Å². The lowest BCUT2D eigenvalue weighted by atomic mass is 9.72. The van der Waals surface area contributed by atoms with Crippen LogP contribution in [0.15, 0.2) is 23.1 Å². The van der Waals surface area contributed by atoms with E-state index < -0.39 is 6.10 Å². The number of halogens is 1. The zero-order chi connectivity index (χ0) is 19.7. The molecule has 1 aliphatic heterocycles. The van der Waals surface area contributed by atoms with E-state index in [0.717, 1.165) is 19.3 Å². The maximum Gasteiger partial charge on any atom is 0.255 e. The molecule has 1 amide bonds. The van der Waals surface area contributed by atoms with Gasteiger partial charge in [-0.3, -0.25) is 9.59 Å². The number of likely N-dealkylation sites (tertiary alicyclic amines) is 1. The van der Waals surface area contributed by atoms with Gasteiger partial charge in [0.2, 0.25) is 5.56 Å². The minimum absolute atomic E-state index is 0.0274. The predicted octanol–water partition coefficient (Wildman–Crippen LogP) is 1.58. The van der Waals surface area contributed by atoms with Gasteiger partial charge < -0.3 is 20.3 Å². The average molecular weight is 396 g/mol. The van der Waals surface area contributed by atoms with Gasteiger partial charge in [0.25, 0.3) is 5.91 Å². The quantitative estimate of drug-likeness (QED) is 0.760. The van der Waals surface area contributed by atoms with E-state index in [4.69, 9.17) is 17.3 Å². The summed E-state index contributed by atoms with van der Waals surface area (Å²) in [7, 11) is 1.64. The van der Waals surface area contributed by atoms with E-state index in [9.17, 15) is 14.7 Å². The molecule has 1 aliphatic carbocycles. The summed E-state index contributed by atoms with van der Waals surface area (Å²) in [6.45, 7) is 3.36. The fraction of sp³-hybridized carbons (Fsp3) is 0.700. The van der Waals surface area contributed by atoms with Crippen LogP contribution >= 0.6 is 11.6 Å². The van der Waals surface area contributed by atoms with Crippen LogP contribution in [0.2, 0.25) is 0 Å². The average Bonchev–Trinajstić information content (AvgIpc) is 2.66. The highest BCUT2D eigenvalue weighted by molar-refractivity contribution is 6.20. The first-order chi connectivity index (χ1) is 12.8. The molecule has 1 saturated carbocycles. The van der Waals surface area contributed by atoms with E-state index in [1.807, 2.05) is 4.90 Å². The number of nitrogens with two attached hydrogens (primary N) is 1. The molecule has 6 nitrogen and oxygen atoms in total. The summed E-state index contributed by atoms with van der Waals surface area (Å²) >= 11 is 6.42. The first-order valence-electron chi connectivity index (χ1n) is 9.81. The van der Waals surface area contributed by atoms with Crippen molar-refractivity contribution in [1.29, 1.82) is 0 Å². The number of rotatable bonds is 3. The fourth-order valence-electron chi connectivity index (χ4n) is 4.51. The summed E-state index contributed by atoms with van der Waals surface area (Å²) < 4.78 is 1.42. The van der Waals surface area contributed by atoms with Gasteiger partial charge in [-0.15, -0.1) is 11.6 Å². The Hall–Kier alpha value is -1.37. The second-order valence-corrected chi connectivity index (χ2v) is 8.83. The third-order valence-corrected chi connectivity index (χ3v) is 7.03. The summed E-state index contributed by atoms with van der Waals surface area (Å²) in [6.07, 6.45) is 4.30. The molecule has 0 radical (unpaired) electrons. The second kappa shape index (κ2) is 8.33. The van der Waals surface area contributed by atoms with E-state index in [1.165, 1.54) is 10.6 Å². The van der Waals surface area contributed by atoms with E-state index in [1.54, 1.807) is 19.3 Å². The Morgan fingerprint density at radius 1 is 1.30 bits per heavy atom. The number of nitrogens with zero attached hydrogens (tertiary/aromatic N) is 2. The van der Waals surface area contributed by atoms with Crippen molar-refractivity contribution in [2.24, 2.45) is 30.5 Å². The molecule has 3 N–H and O–H groups in total. The molecule has 2 heterocycles. The normalized spacial score (nSPS) is 30.9. The van der Waals surface area contributed by atoms with Crippen LogP contribution in [0.5, 0.6) is 0 Å². The number of alkyl halides is 1. The standard InChI is InChI=1S/C20H30ClN3O3/c1-12-9-17(25)15(10-16(12)21)19(22)13-5-7-24(8-6-13)20(27)14-3-4-18(26)23(2)11-14/h3-4,11-13,15-17,19,25H,5-10,22H2,1-2H3/t12?,15?,16?,17?,19-/m1/s1. The number of hydrogen-bond donors (Lipinski definition) is 2. The molecule has 1 aromatic rings. The second-order valence-electron chi connectivity index (χ2n) is 8.27. The molecular formula is C20H30ClN3O3.